The molecule has 0 bridgehead atoms. The monoisotopic (exact) mass is 558 g/mol. The van der Waals surface area contributed by atoms with Gasteiger partial charge in [-0.1, -0.05) is 17.7 Å². The normalized spacial score (nSPS) is 16.6. The van der Waals surface area contributed by atoms with Gasteiger partial charge in [-0.25, -0.2) is 13.4 Å². The quantitative estimate of drug-likeness (QED) is 0.331. The molecule has 2 aromatic carbocycles. The number of primary amides is 1. The fourth-order valence-electron chi connectivity index (χ4n) is 4.53. The standard InChI is InChI=1S/C26H24ClFN4O5S/c1-15-11-17(5-6-19(15)20-3-2-8-30-25(20)28)37-14-18-13-32(9-10-36-18)38(34,35)24-21-12-16(27)4-7-22(21)31-23(24)26(29)33/h2-8,11-12,18,31H,9-10,13-14H2,1H3,(H2,29,33)/t18-/m0/s1. The summed E-state index contributed by atoms with van der Waals surface area (Å²) in [6.45, 7) is 2.15. The van der Waals surface area contributed by atoms with Gasteiger partial charge >= 0.3 is 0 Å². The number of hydrogen-bond acceptors (Lipinski definition) is 6. The van der Waals surface area contributed by atoms with Crippen molar-refractivity contribution in [2.24, 2.45) is 5.73 Å². The molecule has 2 aromatic heterocycles. The molecule has 198 valence electrons. The van der Waals surface area contributed by atoms with Gasteiger partial charge in [-0.3, -0.25) is 4.79 Å². The van der Waals surface area contributed by atoms with E-state index in [1.165, 1.54) is 16.6 Å². The van der Waals surface area contributed by atoms with Gasteiger partial charge in [0, 0.05) is 40.8 Å². The molecule has 1 atom stereocenters. The second-order valence-corrected chi connectivity index (χ2v) is 11.2. The largest absolute Gasteiger partial charge is 0.491 e. The SMILES string of the molecule is Cc1cc(OC[C@@H]2CN(S(=O)(=O)c3c(C(N)=O)[nH]c4ccc(Cl)cc34)CCO2)ccc1-c1cccnc1F. The number of aryl methyl sites for hydroxylation is 1. The van der Waals surface area contributed by atoms with Crippen molar-refractivity contribution >= 4 is 38.4 Å². The van der Waals surface area contributed by atoms with Crippen molar-refractivity contribution in [3.63, 3.8) is 0 Å². The number of benzene rings is 2. The molecule has 0 radical (unpaired) electrons. The molecule has 0 unspecified atom stereocenters. The molecular weight excluding hydrogens is 535 g/mol. The molecule has 12 heteroatoms. The molecule has 1 saturated heterocycles. The number of nitrogens with zero attached hydrogens (tertiary/aromatic N) is 2. The van der Waals surface area contributed by atoms with E-state index in [9.17, 15) is 17.6 Å². The number of halogens is 2. The number of amides is 1. The molecule has 3 N–H and O–H groups in total. The van der Waals surface area contributed by atoms with E-state index in [4.69, 9.17) is 26.8 Å². The summed E-state index contributed by atoms with van der Waals surface area (Å²) in [4.78, 5) is 18.4. The predicted octanol–water partition coefficient (Wildman–Crippen LogP) is 3.90. The van der Waals surface area contributed by atoms with E-state index in [1.54, 1.807) is 42.5 Å². The molecule has 1 aliphatic heterocycles. The van der Waals surface area contributed by atoms with Crippen LogP contribution in [0.25, 0.3) is 22.0 Å². The minimum atomic E-state index is -4.14. The Hall–Kier alpha value is -3.51. The highest BCUT2D eigenvalue weighted by Crippen LogP contribution is 2.33. The van der Waals surface area contributed by atoms with Crippen LogP contribution in [0.5, 0.6) is 5.75 Å². The lowest BCUT2D eigenvalue weighted by Gasteiger charge is -2.32. The summed E-state index contributed by atoms with van der Waals surface area (Å²) in [6.07, 6.45) is 0.821. The molecule has 0 saturated carbocycles. The Kier molecular flexibility index (Phi) is 7.10. The van der Waals surface area contributed by atoms with Gasteiger partial charge < -0.3 is 20.2 Å². The number of rotatable bonds is 7. The lowest BCUT2D eigenvalue weighted by atomic mass is 10.0. The molecule has 4 aromatic rings. The molecule has 0 aliphatic carbocycles. The maximum atomic E-state index is 14.1. The van der Waals surface area contributed by atoms with E-state index < -0.39 is 28.0 Å². The van der Waals surface area contributed by atoms with E-state index >= 15 is 0 Å². The molecule has 0 spiro atoms. The van der Waals surface area contributed by atoms with Gasteiger partial charge in [0.2, 0.25) is 16.0 Å². The average Bonchev–Trinajstić information content (AvgIpc) is 3.28. The van der Waals surface area contributed by atoms with E-state index in [0.29, 0.717) is 27.4 Å². The molecule has 5 rings (SSSR count). The highest BCUT2D eigenvalue weighted by molar-refractivity contribution is 7.89. The summed E-state index contributed by atoms with van der Waals surface area (Å²) >= 11 is 6.10. The fraction of sp³-hybridized carbons (Fsp3) is 0.231. The Morgan fingerprint density at radius 2 is 2.08 bits per heavy atom. The van der Waals surface area contributed by atoms with Crippen molar-refractivity contribution < 1.29 is 27.1 Å². The van der Waals surface area contributed by atoms with Crippen molar-refractivity contribution in [1.29, 1.82) is 0 Å². The zero-order valence-corrected chi connectivity index (χ0v) is 21.9. The minimum Gasteiger partial charge on any atom is -0.491 e. The molecule has 1 aliphatic rings. The Bertz CT molecular complexity index is 1640. The number of H-pyrrole nitrogens is 1. The second kappa shape index (κ2) is 10.3. The lowest BCUT2D eigenvalue weighted by molar-refractivity contribution is -0.0249. The van der Waals surface area contributed by atoms with Crippen molar-refractivity contribution in [2.45, 2.75) is 17.9 Å². The number of ether oxygens (including phenoxy) is 2. The number of hydrogen-bond donors (Lipinski definition) is 2. The number of nitrogens with one attached hydrogen (secondary N) is 1. The number of fused-ring (bicyclic) bond motifs is 1. The smallest absolute Gasteiger partial charge is 0.266 e. The van der Waals surface area contributed by atoms with Gasteiger partial charge in [-0.2, -0.15) is 8.70 Å². The van der Waals surface area contributed by atoms with Gasteiger partial charge in [0.1, 0.15) is 29.0 Å². The Labute approximate surface area is 223 Å². The lowest BCUT2D eigenvalue weighted by Crippen LogP contribution is -2.47. The number of carbonyl (C=O) groups is 1. The van der Waals surface area contributed by atoms with Crippen molar-refractivity contribution in [3.8, 4) is 16.9 Å². The van der Waals surface area contributed by atoms with Crippen LogP contribution < -0.4 is 10.5 Å². The highest BCUT2D eigenvalue weighted by atomic mass is 35.5. The average molecular weight is 559 g/mol. The van der Waals surface area contributed by atoms with Crippen molar-refractivity contribution in [2.75, 3.05) is 26.3 Å². The first-order valence-electron chi connectivity index (χ1n) is 11.7. The topological polar surface area (TPSA) is 128 Å². The molecule has 38 heavy (non-hydrogen) atoms. The van der Waals surface area contributed by atoms with Gasteiger partial charge in [0.15, 0.2) is 0 Å². The Balaban J connectivity index is 1.34. The maximum Gasteiger partial charge on any atom is 0.266 e. The van der Waals surface area contributed by atoms with Crippen LogP contribution in [0.2, 0.25) is 5.02 Å². The van der Waals surface area contributed by atoms with Crippen molar-refractivity contribution in [1.82, 2.24) is 14.3 Å². The van der Waals surface area contributed by atoms with E-state index in [2.05, 4.69) is 9.97 Å². The van der Waals surface area contributed by atoms with Gasteiger partial charge in [-0.15, -0.1) is 0 Å². The summed E-state index contributed by atoms with van der Waals surface area (Å²) in [6, 6.07) is 13.2. The van der Waals surface area contributed by atoms with Crippen LogP contribution in [0, 0.1) is 12.9 Å². The highest BCUT2D eigenvalue weighted by Gasteiger charge is 2.36. The zero-order chi connectivity index (χ0) is 27.0. The number of aromatic amines is 1. The zero-order valence-electron chi connectivity index (χ0n) is 20.3. The van der Waals surface area contributed by atoms with Crippen LogP contribution in [0.1, 0.15) is 16.1 Å². The van der Waals surface area contributed by atoms with Crippen LogP contribution in [0.4, 0.5) is 4.39 Å². The summed E-state index contributed by atoms with van der Waals surface area (Å²) < 4.78 is 54.4. The summed E-state index contributed by atoms with van der Waals surface area (Å²) in [7, 11) is -4.14. The first-order chi connectivity index (χ1) is 18.1. The summed E-state index contributed by atoms with van der Waals surface area (Å²) in [5.74, 6) is -0.923. The van der Waals surface area contributed by atoms with Crippen LogP contribution in [0.15, 0.2) is 59.6 Å². The van der Waals surface area contributed by atoms with Crippen LogP contribution in [-0.2, 0) is 14.8 Å². The third kappa shape index (κ3) is 4.97. The number of carbonyl (C=O) groups excluding carboxylic acids is 1. The van der Waals surface area contributed by atoms with Crippen LogP contribution in [-0.4, -0.2) is 61.0 Å². The first kappa shape index (κ1) is 26.1. The summed E-state index contributed by atoms with van der Waals surface area (Å²) in [5.41, 5.74) is 7.59. The van der Waals surface area contributed by atoms with E-state index in [-0.39, 0.29) is 42.3 Å². The van der Waals surface area contributed by atoms with Crippen LogP contribution >= 0.6 is 11.6 Å². The second-order valence-electron chi connectivity index (χ2n) is 8.87. The predicted molar refractivity (Wildman–Crippen MR) is 140 cm³/mol. The van der Waals surface area contributed by atoms with E-state index in [0.717, 1.165) is 5.56 Å². The number of pyridine rings is 1. The third-order valence-corrected chi connectivity index (χ3v) is 8.53. The molecule has 1 fully saturated rings. The molecule has 1 amide bonds. The molecular formula is C26H24ClFN4O5S. The summed E-state index contributed by atoms with van der Waals surface area (Å²) in [5, 5.41) is 0.607. The van der Waals surface area contributed by atoms with Crippen molar-refractivity contribution in [3.05, 3.63) is 77.0 Å². The minimum absolute atomic E-state index is 0.00569. The first-order valence-corrected chi connectivity index (χ1v) is 13.5. The molecule has 9 nitrogen and oxygen atoms in total. The third-order valence-electron chi connectivity index (χ3n) is 6.34. The Morgan fingerprint density at radius 3 is 2.82 bits per heavy atom. The van der Waals surface area contributed by atoms with Gasteiger partial charge in [0.05, 0.1) is 6.61 Å². The Morgan fingerprint density at radius 1 is 1.26 bits per heavy atom. The number of sulfonamides is 1. The van der Waals surface area contributed by atoms with Gasteiger partial charge in [0.25, 0.3) is 5.91 Å². The number of morpholine rings is 1. The van der Waals surface area contributed by atoms with Gasteiger partial charge in [-0.05, 0) is 60.5 Å². The van der Waals surface area contributed by atoms with E-state index in [1.807, 2.05) is 6.92 Å². The number of aromatic nitrogens is 2. The number of nitrogens with two attached hydrogens (primary N) is 1. The fourth-order valence-corrected chi connectivity index (χ4v) is 6.49. The molecule has 3 heterocycles. The maximum absolute atomic E-state index is 14.1. The van der Waals surface area contributed by atoms with Crippen LogP contribution in [0.3, 0.4) is 0 Å².